The average molecular weight is 289 g/mol. The van der Waals surface area contributed by atoms with Crippen LogP contribution in [-0.2, 0) is 10.0 Å². The summed E-state index contributed by atoms with van der Waals surface area (Å²) in [5, 5.41) is 20.7. The summed E-state index contributed by atoms with van der Waals surface area (Å²) >= 11 is 0. The Hall–Kier alpha value is -1.22. The van der Waals surface area contributed by atoms with Crippen LogP contribution in [0.25, 0.3) is 0 Å². The molecular weight excluding hydrogens is 270 g/mol. The van der Waals surface area contributed by atoms with Crippen molar-refractivity contribution in [1.29, 1.82) is 0 Å². The van der Waals surface area contributed by atoms with Crippen LogP contribution in [-0.4, -0.2) is 60.8 Å². The molecule has 7 nitrogen and oxygen atoms in total. The average Bonchev–Trinajstić information content (AvgIpc) is 2.39. The van der Waals surface area contributed by atoms with E-state index in [0.29, 0.717) is 12.4 Å². The summed E-state index contributed by atoms with van der Waals surface area (Å²) in [5.74, 6) is 0.595. The van der Waals surface area contributed by atoms with Crippen LogP contribution in [0.1, 0.15) is 6.92 Å². The molecule has 0 atom stereocenters. The Bertz CT molecular complexity index is 469. The third kappa shape index (κ3) is 4.13. The van der Waals surface area contributed by atoms with E-state index in [0.717, 1.165) is 4.31 Å². The number of anilines is 1. The van der Waals surface area contributed by atoms with Gasteiger partial charge in [0.25, 0.3) is 0 Å². The van der Waals surface area contributed by atoms with E-state index in [-0.39, 0.29) is 31.2 Å². The molecular formula is C11H19N3O4S. The Kier molecular flexibility index (Phi) is 6.16. The lowest BCUT2D eigenvalue weighted by Gasteiger charge is -2.20. The molecule has 3 N–H and O–H groups in total. The highest BCUT2D eigenvalue weighted by Crippen LogP contribution is 2.15. The second-order valence-corrected chi connectivity index (χ2v) is 5.70. The molecule has 1 rings (SSSR count). The lowest BCUT2D eigenvalue weighted by molar-refractivity contribution is 0.217. The Morgan fingerprint density at radius 2 is 1.89 bits per heavy atom. The van der Waals surface area contributed by atoms with Crippen molar-refractivity contribution >= 4 is 15.8 Å². The molecule has 0 saturated heterocycles. The Morgan fingerprint density at radius 1 is 1.26 bits per heavy atom. The molecule has 0 unspecified atom stereocenters. The van der Waals surface area contributed by atoms with Gasteiger partial charge >= 0.3 is 0 Å². The molecule has 0 aliphatic heterocycles. The van der Waals surface area contributed by atoms with E-state index >= 15 is 0 Å². The van der Waals surface area contributed by atoms with E-state index in [1.54, 1.807) is 6.07 Å². The SMILES string of the molecule is CCNc1ccc(S(=O)(=O)N(CCO)CCO)cn1. The molecule has 108 valence electrons. The molecule has 1 aromatic rings. The number of pyridine rings is 1. The zero-order chi connectivity index (χ0) is 14.3. The first-order valence-electron chi connectivity index (χ1n) is 5.98. The largest absolute Gasteiger partial charge is 0.395 e. The van der Waals surface area contributed by atoms with Gasteiger partial charge < -0.3 is 15.5 Å². The van der Waals surface area contributed by atoms with Crippen LogP contribution in [0.3, 0.4) is 0 Å². The first-order valence-corrected chi connectivity index (χ1v) is 7.42. The van der Waals surface area contributed by atoms with Crippen molar-refractivity contribution in [1.82, 2.24) is 9.29 Å². The highest BCUT2D eigenvalue weighted by Gasteiger charge is 2.23. The molecule has 8 heteroatoms. The highest BCUT2D eigenvalue weighted by molar-refractivity contribution is 7.89. The molecule has 0 aliphatic carbocycles. The molecule has 0 amide bonds. The van der Waals surface area contributed by atoms with E-state index < -0.39 is 10.0 Å². The van der Waals surface area contributed by atoms with Crippen LogP contribution in [0.2, 0.25) is 0 Å². The second kappa shape index (κ2) is 7.39. The number of rotatable bonds is 8. The normalized spacial score (nSPS) is 11.8. The fourth-order valence-electron chi connectivity index (χ4n) is 1.54. The van der Waals surface area contributed by atoms with Gasteiger partial charge in [-0.2, -0.15) is 4.31 Å². The first kappa shape index (κ1) is 15.8. The predicted molar refractivity (Wildman–Crippen MR) is 71.3 cm³/mol. The predicted octanol–water partition coefficient (Wildman–Crippen LogP) is -0.511. The van der Waals surface area contributed by atoms with Gasteiger partial charge in [0.05, 0.1) is 13.2 Å². The lowest BCUT2D eigenvalue weighted by Crippen LogP contribution is -2.35. The van der Waals surface area contributed by atoms with E-state index in [4.69, 9.17) is 10.2 Å². The molecule has 0 aromatic carbocycles. The molecule has 0 aliphatic rings. The third-order valence-corrected chi connectivity index (χ3v) is 4.31. The van der Waals surface area contributed by atoms with Crippen molar-refractivity contribution in [2.45, 2.75) is 11.8 Å². The topological polar surface area (TPSA) is 103 Å². The molecule has 1 aromatic heterocycles. The number of aliphatic hydroxyl groups excluding tert-OH is 2. The van der Waals surface area contributed by atoms with Gasteiger partial charge in [-0.3, -0.25) is 0 Å². The fraction of sp³-hybridized carbons (Fsp3) is 0.545. The summed E-state index contributed by atoms with van der Waals surface area (Å²) < 4.78 is 25.5. The van der Waals surface area contributed by atoms with Crippen molar-refractivity contribution in [3.8, 4) is 0 Å². The molecule has 0 bridgehead atoms. The number of hydrogen-bond acceptors (Lipinski definition) is 6. The first-order chi connectivity index (χ1) is 9.06. The molecule has 0 saturated carbocycles. The Morgan fingerprint density at radius 3 is 2.32 bits per heavy atom. The van der Waals surface area contributed by atoms with Gasteiger partial charge in [-0.1, -0.05) is 0 Å². The molecule has 19 heavy (non-hydrogen) atoms. The van der Waals surface area contributed by atoms with E-state index in [1.807, 2.05) is 6.92 Å². The summed E-state index contributed by atoms with van der Waals surface area (Å²) in [5.41, 5.74) is 0. The van der Waals surface area contributed by atoms with Crippen LogP contribution < -0.4 is 5.32 Å². The number of nitrogens with zero attached hydrogens (tertiary/aromatic N) is 2. The van der Waals surface area contributed by atoms with Crippen molar-refractivity contribution in [2.24, 2.45) is 0 Å². The number of aliphatic hydroxyl groups is 2. The van der Waals surface area contributed by atoms with Gasteiger partial charge in [-0.15, -0.1) is 0 Å². The maximum Gasteiger partial charge on any atom is 0.244 e. The standard InChI is InChI=1S/C11H19N3O4S/c1-2-12-11-4-3-10(9-13-11)19(17,18)14(5-7-15)6-8-16/h3-4,9,15-16H,2,5-8H2,1H3,(H,12,13). The summed E-state index contributed by atoms with van der Waals surface area (Å²) in [4.78, 5) is 4.03. The smallest absolute Gasteiger partial charge is 0.244 e. The van der Waals surface area contributed by atoms with Crippen molar-refractivity contribution < 1.29 is 18.6 Å². The van der Waals surface area contributed by atoms with Crippen molar-refractivity contribution in [3.05, 3.63) is 18.3 Å². The summed E-state index contributed by atoms with van der Waals surface area (Å²) in [6, 6.07) is 3.02. The number of aromatic nitrogens is 1. The summed E-state index contributed by atoms with van der Waals surface area (Å²) in [6.07, 6.45) is 1.26. The maximum absolute atomic E-state index is 12.2. The van der Waals surface area contributed by atoms with E-state index in [1.165, 1.54) is 12.3 Å². The monoisotopic (exact) mass is 289 g/mol. The molecule has 0 fully saturated rings. The van der Waals surface area contributed by atoms with Crippen LogP contribution in [0.5, 0.6) is 0 Å². The van der Waals surface area contributed by atoms with Gasteiger partial charge in [0.15, 0.2) is 0 Å². The number of hydrogen-bond donors (Lipinski definition) is 3. The fourth-order valence-corrected chi connectivity index (χ4v) is 2.91. The van der Waals surface area contributed by atoms with Gasteiger partial charge in [0.2, 0.25) is 10.0 Å². The maximum atomic E-state index is 12.2. The molecule has 1 heterocycles. The lowest BCUT2D eigenvalue weighted by atomic mass is 10.4. The number of sulfonamides is 1. The minimum Gasteiger partial charge on any atom is -0.395 e. The third-order valence-electron chi connectivity index (χ3n) is 2.43. The minimum absolute atomic E-state index is 0.0380. The molecule has 0 spiro atoms. The minimum atomic E-state index is -3.73. The van der Waals surface area contributed by atoms with Crippen LogP contribution in [0, 0.1) is 0 Å². The number of nitrogens with one attached hydrogen (secondary N) is 1. The quantitative estimate of drug-likeness (QED) is 0.595. The molecule has 0 radical (unpaired) electrons. The Balaban J connectivity index is 2.96. The van der Waals surface area contributed by atoms with Crippen molar-refractivity contribution in [2.75, 3.05) is 38.2 Å². The van der Waals surface area contributed by atoms with Crippen LogP contribution in [0.4, 0.5) is 5.82 Å². The summed E-state index contributed by atoms with van der Waals surface area (Å²) in [7, 11) is -3.73. The van der Waals surface area contributed by atoms with Gasteiger partial charge in [0, 0.05) is 25.8 Å². The van der Waals surface area contributed by atoms with Crippen LogP contribution >= 0.6 is 0 Å². The highest BCUT2D eigenvalue weighted by atomic mass is 32.2. The summed E-state index contributed by atoms with van der Waals surface area (Å²) in [6.45, 7) is 1.89. The zero-order valence-corrected chi connectivity index (χ0v) is 11.6. The Labute approximate surface area is 112 Å². The van der Waals surface area contributed by atoms with Gasteiger partial charge in [0.1, 0.15) is 10.7 Å². The van der Waals surface area contributed by atoms with Crippen LogP contribution in [0.15, 0.2) is 23.2 Å². The van der Waals surface area contributed by atoms with Crippen molar-refractivity contribution in [3.63, 3.8) is 0 Å². The second-order valence-electron chi connectivity index (χ2n) is 3.76. The van der Waals surface area contributed by atoms with E-state index in [2.05, 4.69) is 10.3 Å². The van der Waals surface area contributed by atoms with E-state index in [9.17, 15) is 8.42 Å². The zero-order valence-electron chi connectivity index (χ0n) is 10.8. The van der Waals surface area contributed by atoms with Gasteiger partial charge in [-0.25, -0.2) is 13.4 Å². The van der Waals surface area contributed by atoms with Gasteiger partial charge in [-0.05, 0) is 19.1 Å².